The van der Waals surface area contributed by atoms with E-state index >= 15 is 0 Å². The predicted octanol–water partition coefficient (Wildman–Crippen LogP) is 2.27. The first-order chi connectivity index (χ1) is 8.26. The molecule has 1 saturated heterocycles. The summed E-state index contributed by atoms with van der Waals surface area (Å²) in [7, 11) is 0. The summed E-state index contributed by atoms with van der Waals surface area (Å²) in [6, 6.07) is 0.636. The zero-order valence-electron chi connectivity index (χ0n) is 11.9. The highest BCUT2D eigenvalue weighted by Gasteiger charge is 2.20. The maximum absolute atomic E-state index is 5.86. The Balaban J connectivity index is 2.15. The van der Waals surface area contributed by atoms with Gasteiger partial charge in [0, 0.05) is 19.2 Å². The van der Waals surface area contributed by atoms with Crippen LogP contribution < -0.4 is 5.32 Å². The lowest BCUT2D eigenvalue weighted by Gasteiger charge is -2.33. The monoisotopic (exact) mass is 242 g/mol. The first-order valence-corrected chi connectivity index (χ1v) is 7.33. The van der Waals surface area contributed by atoms with Gasteiger partial charge in [0.15, 0.2) is 0 Å². The van der Waals surface area contributed by atoms with Crippen LogP contribution in [0.3, 0.4) is 0 Å². The highest BCUT2D eigenvalue weighted by atomic mass is 16.5. The lowest BCUT2D eigenvalue weighted by molar-refractivity contribution is -0.000720. The van der Waals surface area contributed by atoms with Gasteiger partial charge in [0.25, 0.3) is 0 Å². The van der Waals surface area contributed by atoms with Crippen LogP contribution in [0.1, 0.15) is 46.5 Å². The van der Waals surface area contributed by atoms with Gasteiger partial charge in [0.05, 0.1) is 6.10 Å². The van der Waals surface area contributed by atoms with Crippen molar-refractivity contribution in [2.24, 2.45) is 0 Å². The lowest BCUT2D eigenvalue weighted by atomic mass is 10.1. The van der Waals surface area contributed by atoms with Crippen molar-refractivity contribution in [3.63, 3.8) is 0 Å². The van der Waals surface area contributed by atoms with E-state index in [2.05, 4.69) is 31.0 Å². The van der Waals surface area contributed by atoms with Gasteiger partial charge >= 0.3 is 0 Å². The topological polar surface area (TPSA) is 24.5 Å². The number of rotatable bonds is 8. The quantitative estimate of drug-likeness (QED) is 0.706. The van der Waals surface area contributed by atoms with Crippen molar-refractivity contribution in [2.45, 2.75) is 58.6 Å². The highest BCUT2D eigenvalue weighted by Crippen LogP contribution is 2.14. The summed E-state index contributed by atoms with van der Waals surface area (Å²) in [6.45, 7) is 12.2. The maximum atomic E-state index is 5.86. The standard InChI is InChI=1S/C14H30N2O/c1-4-11-17-14-7-6-9-16(12-14)10-8-13(3)15-5-2/h13-15H,4-12H2,1-3H3. The molecule has 1 aliphatic rings. The SMILES string of the molecule is CCCOC1CCCN(CCC(C)NCC)C1. The van der Waals surface area contributed by atoms with Gasteiger partial charge in [-0.1, -0.05) is 13.8 Å². The molecule has 1 rings (SSSR count). The fourth-order valence-electron chi connectivity index (χ4n) is 2.46. The van der Waals surface area contributed by atoms with Crippen molar-refractivity contribution in [2.75, 3.05) is 32.8 Å². The Bertz CT molecular complexity index is 187. The molecule has 0 aromatic heterocycles. The summed E-state index contributed by atoms with van der Waals surface area (Å²) in [5.74, 6) is 0. The summed E-state index contributed by atoms with van der Waals surface area (Å²) in [6.07, 6.45) is 5.41. The number of hydrogen-bond donors (Lipinski definition) is 1. The molecule has 0 saturated carbocycles. The van der Waals surface area contributed by atoms with Crippen molar-refractivity contribution in [3.8, 4) is 0 Å². The molecule has 1 aliphatic heterocycles. The van der Waals surface area contributed by atoms with Gasteiger partial charge in [0.2, 0.25) is 0 Å². The van der Waals surface area contributed by atoms with E-state index in [1.54, 1.807) is 0 Å². The first kappa shape index (κ1) is 14.9. The molecule has 1 N–H and O–H groups in total. The summed E-state index contributed by atoms with van der Waals surface area (Å²) < 4.78 is 5.86. The molecule has 0 aromatic rings. The minimum atomic E-state index is 0.484. The van der Waals surface area contributed by atoms with Crippen LogP contribution in [0.4, 0.5) is 0 Å². The second-order valence-corrected chi connectivity index (χ2v) is 5.18. The molecule has 102 valence electrons. The molecule has 0 amide bonds. The number of nitrogens with one attached hydrogen (secondary N) is 1. The van der Waals surface area contributed by atoms with Crippen LogP contribution in [0.15, 0.2) is 0 Å². The minimum Gasteiger partial charge on any atom is -0.377 e. The highest BCUT2D eigenvalue weighted by molar-refractivity contribution is 4.74. The van der Waals surface area contributed by atoms with Gasteiger partial charge in [0.1, 0.15) is 0 Å². The summed E-state index contributed by atoms with van der Waals surface area (Å²) in [5.41, 5.74) is 0. The molecule has 3 heteroatoms. The molecule has 0 radical (unpaired) electrons. The molecule has 17 heavy (non-hydrogen) atoms. The number of piperidine rings is 1. The van der Waals surface area contributed by atoms with E-state index in [1.165, 1.54) is 32.4 Å². The van der Waals surface area contributed by atoms with Crippen LogP contribution in [0, 0.1) is 0 Å². The van der Waals surface area contributed by atoms with Crippen LogP contribution in [-0.4, -0.2) is 49.8 Å². The maximum Gasteiger partial charge on any atom is 0.0702 e. The molecule has 0 aliphatic carbocycles. The van der Waals surface area contributed by atoms with Crippen LogP contribution in [-0.2, 0) is 4.74 Å². The van der Waals surface area contributed by atoms with Crippen LogP contribution in [0.5, 0.6) is 0 Å². The molecular formula is C14H30N2O. The van der Waals surface area contributed by atoms with Crippen LogP contribution in [0.2, 0.25) is 0 Å². The van der Waals surface area contributed by atoms with E-state index in [0.717, 1.165) is 26.1 Å². The smallest absolute Gasteiger partial charge is 0.0702 e. The largest absolute Gasteiger partial charge is 0.377 e. The third-order valence-corrected chi connectivity index (χ3v) is 3.45. The van der Waals surface area contributed by atoms with E-state index in [0.29, 0.717) is 12.1 Å². The fraction of sp³-hybridized carbons (Fsp3) is 1.00. The number of ether oxygens (including phenoxy) is 1. The van der Waals surface area contributed by atoms with Gasteiger partial charge in [-0.15, -0.1) is 0 Å². The van der Waals surface area contributed by atoms with E-state index in [4.69, 9.17) is 4.74 Å². The van der Waals surface area contributed by atoms with Gasteiger partial charge in [-0.25, -0.2) is 0 Å². The molecule has 0 spiro atoms. The molecule has 2 atom stereocenters. The fourth-order valence-corrected chi connectivity index (χ4v) is 2.46. The summed E-state index contributed by atoms with van der Waals surface area (Å²) in [5, 5.41) is 3.47. The van der Waals surface area contributed by atoms with Crippen molar-refractivity contribution < 1.29 is 4.74 Å². The summed E-state index contributed by atoms with van der Waals surface area (Å²) >= 11 is 0. The van der Waals surface area contributed by atoms with Gasteiger partial charge < -0.3 is 15.0 Å². The normalized spacial score (nSPS) is 23.8. The molecule has 0 aromatic carbocycles. The van der Waals surface area contributed by atoms with Gasteiger partial charge in [-0.3, -0.25) is 0 Å². The van der Waals surface area contributed by atoms with Gasteiger partial charge in [-0.05, 0) is 52.2 Å². The number of likely N-dealkylation sites (tertiary alicyclic amines) is 1. The zero-order chi connectivity index (χ0) is 12.5. The van der Waals surface area contributed by atoms with Gasteiger partial charge in [-0.2, -0.15) is 0 Å². The molecule has 1 fully saturated rings. The third-order valence-electron chi connectivity index (χ3n) is 3.45. The van der Waals surface area contributed by atoms with Crippen molar-refractivity contribution in [1.82, 2.24) is 10.2 Å². The molecule has 3 nitrogen and oxygen atoms in total. The van der Waals surface area contributed by atoms with E-state index in [9.17, 15) is 0 Å². The average Bonchev–Trinajstić information content (AvgIpc) is 2.35. The van der Waals surface area contributed by atoms with Crippen molar-refractivity contribution >= 4 is 0 Å². The zero-order valence-corrected chi connectivity index (χ0v) is 11.9. The Hall–Kier alpha value is -0.120. The predicted molar refractivity (Wildman–Crippen MR) is 73.5 cm³/mol. The van der Waals surface area contributed by atoms with E-state index in [-0.39, 0.29) is 0 Å². The van der Waals surface area contributed by atoms with Crippen molar-refractivity contribution in [1.29, 1.82) is 0 Å². The Morgan fingerprint density at radius 1 is 1.41 bits per heavy atom. The Morgan fingerprint density at radius 2 is 2.24 bits per heavy atom. The molecule has 0 bridgehead atoms. The Kier molecular flexibility index (Phi) is 7.82. The van der Waals surface area contributed by atoms with E-state index < -0.39 is 0 Å². The van der Waals surface area contributed by atoms with Crippen molar-refractivity contribution in [3.05, 3.63) is 0 Å². The third kappa shape index (κ3) is 6.39. The average molecular weight is 242 g/mol. The second-order valence-electron chi connectivity index (χ2n) is 5.18. The molecule has 2 unspecified atom stereocenters. The lowest BCUT2D eigenvalue weighted by Crippen LogP contribution is -2.41. The van der Waals surface area contributed by atoms with E-state index in [1.807, 2.05) is 0 Å². The molecular weight excluding hydrogens is 212 g/mol. The number of hydrogen-bond acceptors (Lipinski definition) is 3. The first-order valence-electron chi connectivity index (χ1n) is 7.33. The Labute approximate surface area is 107 Å². The molecule has 1 heterocycles. The second kappa shape index (κ2) is 8.90. The van der Waals surface area contributed by atoms with Crippen LogP contribution in [0.25, 0.3) is 0 Å². The minimum absolute atomic E-state index is 0.484. The summed E-state index contributed by atoms with van der Waals surface area (Å²) in [4.78, 5) is 2.57. The van der Waals surface area contributed by atoms with Crippen LogP contribution >= 0.6 is 0 Å². The Morgan fingerprint density at radius 3 is 2.94 bits per heavy atom. The number of nitrogens with zero attached hydrogens (tertiary/aromatic N) is 1.